The van der Waals surface area contributed by atoms with Crippen LogP contribution in [0, 0.1) is 17.3 Å². The zero-order chi connectivity index (χ0) is 12.7. The van der Waals surface area contributed by atoms with Crippen molar-refractivity contribution >= 4 is 0 Å². The Bertz CT molecular complexity index is 239. The summed E-state index contributed by atoms with van der Waals surface area (Å²) in [5.41, 5.74) is -0.547. The smallest absolute Gasteiger partial charge is 0.0910 e. The number of rotatable bonds is 3. The summed E-state index contributed by atoms with van der Waals surface area (Å²) < 4.78 is 5.25. The highest BCUT2D eigenvalue weighted by molar-refractivity contribution is 5.06. The first-order valence-electron chi connectivity index (χ1n) is 5.82. The van der Waals surface area contributed by atoms with Crippen molar-refractivity contribution < 1.29 is 20.1 Å². The molecule has 4 nitrogen and oxygen atoms in total. The molecular weight excluding hydrogens is 208 g/mol. The third-order valence-electron chi connectivity index (χ3n) is 3.90. The quantitative estimate of drug-likeness (QED) is 0.658. The van der Waals surface area contributed by atoms with Crippen molar-refractivity contribution in [1.29, 1.82) is 0 Å². The molecule has 0 amide bonds. The van der Waals surface area contributed by atoms with Crippen LogP contribution < -0.4 is 0 Å². The minimum atomic E-state index is -0.826. The second kappa shape index (κ2) is 4.61. The predicted octanol–water partition coefficient (Wildman–Crippen LogP) is 0.396. The first-order valence-corrected chi connectivity index (χ1v) is 5.82. The number of aliphatic hydroxyl groups excluding tert-OH is 3. The van der Waals surface area contributed by atoms with Gasteiger partial charge in [-0.1, -0.05) is 27.7 Å². The van der Waals surface area contributed by atoms with Crippen LogP contribution in [0.1, 0.15) is 27.7 Å². The highest BCUT2D eigenvalue weighted by atomic mass is 16.5. The minimum Gasteiger partial charge on any atom is -0.392 e. The van der Waals surface area contributed by atoms with Gasteiger partial charge in [0.2, 0.25) is 0 Å². The Morgan fingerprint density at radius 1 is 1.19 bits per heavy atom. The van der Waals surface area contributed by atoms with Gasteiger partial charge in [-0.2, -0.15) is 0 Å². The van der Waals surface area contributed by atoms with Crippen LogP contribution in [0.15, 0.2) is 0 Å². The fraction of sp³-hybridized carbons (Fsp3) is 1.00. The Hall–Kier alpha value is -0.160. The minimum absolute atomic E-state index is 0.000654. The van der Waals surface area contributed by atoms with Gasteiger partial charge in [0.15, 0.2) is 0 Å². The van der Waals surface area contributed by atoms with E-state index in [2.05, 4.69) is 0 Å². The van der Waals surface area contributed by atoms with Crippen molar-refractivity contribution in [1.82, 2.24) is 0 Å². The van der Waals surface area contributed by atoms with Crippen LogP contribution in [-0.4, -0.2) is 46.8 Å². The number of hydrogen-bond donors (Lipinski definition) is 3. The van der Waals surface area contributed by atoms with Crippen molar-refractivity contribution in [2.75, 3.05) is 7.11 Å². The second-order valence-electron chi connectivity index (χ2n) is 5.73. The molecule has 0 saturated heterocycles. The van der Waals surface area contributed by atoms with Crippen LogP contribution in [-0.2, 0) is 4.74 Å². The van der Waals surface area contributed by atoms with Crippen molar-refractivity contribution in [2.45, 2.75) is 52.1 Å². The summed E-state index contributed by atoms with van der Waals surface area (Å²) in [4.78, 5) is 0. The van der Waals surface area contributed by atoms with Crippen molar-refractivity contribution in [3.63, 3.8) is 0 Å². The molecule has 1 saturated carbocycles. The molecule has 0 heterocycles. The zero-order valence-electron chi connectivity index (χ0n) is 10.7. The van der Waals surface area contributed by atoms with Crippen molar-refractivity contribution in [3.05, 3.63) is 0 Å². The van der Waals surface area contributed by atoms with Gasteiger partial charge >= 0.3 is 0 Å². The fourth-order valence-electron chi connectivity index (χ4n) is 2.77. The summed E-state index contributed by atoms with van der Waals surface area (Å²) in [7, 11) is 1.52. The Morgan fingerprint density at radius 2 is 1.69 bits per heavy atom. The Balaban J connectivity index is 2.97. The molecule has 0 spiro atoms. The van der Waals surface area contributed by atoms with Crippen LogP contribution in [0.4, 0.5) is 0 Å². The molecule has 0 bridgehead atoms. The lowest BCUT2D eigenvalue weighted by atomic mass is 9.82. The molecule has 5 atom stereocenters. The fourth-order valence-corrected chi connectivity index (χ4v) is 2.77. The molecule has 0 aromatic heterocycles. The maximum absolute atomic E-state index is 10.2. The zero-order valence-corrected chi connectivity index (χ0v) is 10.7. The van der Waals surface area contributed by atoms with Crippen LogP contribution >= 0.6 is 0 Å². The lowest BCUT2D eigenvalue weighted by Gasteiger charge is -2.30. The molecule has 3 N–H and O–H groups in total. The molecule has 0 radical (unpaired) electrons. The molecule has 0 aromatic rings. The van der Waals surface area contributed by atoms with E-state index < -0.39 is 35.7 Å². The molecule has 16 heavy (non-hydrogen) atoms. The largest absolute Gasteiger partial charge is 0.392 e. The van der Waals surface area contributed by atoms with E-state index in [9.17, 15) is 15.3 Å². The number of methoxy groups -OCH3 is 1. The number of ether oxygens (including phenoxy) is 1. The molecule has 1 fully saturated rings. The standard InChI is InChI=1S/C12H24O4/c1-6(2)8(13)7-9(14)11(16-5)12(3,4)10(7)15/h6-11,13-15H,1-5H3/t7-,8-,9?,10?,11-/m0/s1. The van der Waals surface area contributed by atoms with E-state index in [1.807, 2.05) is 27.7 Å². The molecule has 4 heteroatoms. The average Bonchev–Trinajstić information content (AvgIpc) is 2.33. The van der Waals surface area contributed by atoms with E-state index in [1.54, 1.807) is 0 Å². The van der Waals surface area contributed by atoms with E-state index in [1.165, 1.54) is 7.11 Å². The van der Waals surface area contributed by atoms with Gasteiger partial charge in [-0.05, 0) is 5.92 Å². The van der Waals surface area contributed by atoms with E-state index in [0.717, 1.165) is 0 Å². The van der Waals surface area contributed by atoms with Gasteiger partial charge in [-0.25, -0.2) is 0 Å². The average molecular weight is 232 g/mol. The molecular formula is C12H24O4. The highest BCUT2D eigenvalue weighted by Gasteiger charge is 2.57. The van der Waals surface area contributed by atoms with Crippen molar-refractivity contribution in [2.24, 2.45) is 17.3 Å². The molecule has 2 unspecified atom stereocenters. The van der Waals surface area contributed by atoms with E-state index in [-0.39, 0.29) is 5.92 Å². The summed E-state index contributed by atoms with van der Waals surface area (Å²) in [6, 6.07) is 0. The molecule has 1 aliphatic rings. The Kier molecular flexibility index (Phi) is 4.00. The molecule has 0 aliphatic heterocycles. The lowest BCUT2D eigenvalue weighted by molar-refractivity contribution is -0.0659. The van der Waals surface area contributed by atoms with E-state index >= 15 is 0 Å². The lowest BCUT2D eigenvalue weighted by Crippen LogP contribution is -2.40. The van der Waals surface area contributed by atoms with Gasteiger partial charge < -0.3 is 20.1 Å². The van der Waals surface area contributed by atoms with Crippen LogP contribution in [0.3, 0.4) is 0 Å². The Morgan fingerprint density at radius 3 is 2.00 bits per heavy atom. The van der Waals surface area contributed by atoms with E-state index in [4.69, 9.17) is 4.74 Å². The number of aliphatic hydroxyl groups is 3. The van der Waals surface area contributed by atoms with Gasteiger partial charge in [-0.3, -0.25) is 0 Å². The SMILES string of the molecule is CO[C@H]1C(O)[C@H]([C@@H](O)C(C)C)C(O)C1(C)C. The summed E-state index contributed by atoms with van der Waals surface area (Å²) in [5.74, 6) is -0.541. The third kappa shape index (κ3) is 1.99. The van der Waals surface area contributed by atoms with Gasteiger partial charge in [-0.15, -0.1) is 0 Å². The Labute approximate surface area is 97.2 Å². The van der Waals surface area contributed by atoms with Crippen molar-refractivity contribution in [3.8, 4) is 0 Å². The summed E-state index contributed by atoms with van der Waals surface area (Å²) in [5, 5.41) is 30.4. The summed E-state index contributed by atoms with van der Waals surface area (Å²) in [6.45, 7) is 7.44. The second-order valence-corrected chi connectivity index (χ2v) is 5.73. The topological polar surface area (TPSA) is 69.9 Å². The first kappa shape index (κ1) is 13.9. The van der Waals surface area contributed by atoms with E-state index in [0.29, 0.717) is 0 Å². The van der Waals surface area contributed by atoms with Gasteiger partial charge in [0, 0.05) is 18.4 Å². The molecule has 1 aliphatic carbocycles. The van der Waals surface area contributed by atoms with Gasteiger partial charge in [0.05, 0.1) is 24.4 Å². The van der Waals surface area contributed by atoms with Crippen LogP contribution in [0.25, 0.3) is 0 Å². The highest BCUT2D eigenvalue weighted by Crippen LogP contribution is 2.45. The maximum Gasteiger partial charge on any atom is 0.0910 e. The number of hydrogen-bond acceptors (Lipinski definition) is 4. The predicted molar refractivity (Wildman–Crippen MR) is 60.9 cm³/mol. The van der Waals surface area contributed by atoms with Crippen LogP contribution in [0.5, 0.6) is 0 Å². The maximum atomic E-state index is 10.2. The third-order valence-corrected chi connectivity index (χ3v) is 3.90. The molecule has 0 aromatic carbocycles. The monoisotopic (exact) mass is 232 g/mol. The summed E-state index contributed by atoms with van der Waals surface area (Å²) in [6.07, 6.45) is -2.75. The molecule has 96 valence electrons. The van der Waals surface area contributed by atoms with Crippen LogP contribution in [0.2, 0.25) is 0 Å². The summed E-state index contributed by atoms with van der Waals surface area (Å²) >= 11 is 0. The normalized spacial score (nSPS) is 40.3. The molecule has 1 rings (SSSR count). The first-order chi connectivity index (χ1) is 7.25. The van der Waals surface area contributed by atoms with Gasteiger partial charge in [0.25, 0.3) is 0 Å². The van der Waals surface area contributed by atoms with Gasteiger partial charge in [0.1, 0.15) is 0 Å².